The first-order valence-electron chi connectivity index (χ1n) is 9.07. The Balaban J connectivity index is 1.52. The van der Waals surface area contributed by atoms with Gasteiger partial charge in [-0.05, 0) is 17.0 Å². The van der Waals surface area contributed by atoms with Crippen LogP contribution in [0.1, 0.15) is 10.8 Å². The monoisotopic (exact) mass is 482 g/mol. The second-order valence-corrected chi connectivity index (χ2v) is 9.74. The summed E-state index contributed by atoms with van der Waals surface area (Å²) >= 11 is 3.97. The third-order valence-electron chi connectivity index (χ3n) is 4.75. The number of β-lactam (4-membered cyclic amide) rings is 1. The molecule has 13 heteroatoms. The minimum atomic E-state index is -1.60. The summed E-state index contributed by atoms with van der Waals surface area (Å²) in [4.78, 5) is 39.6. The molecule has 10 nitrogen and oxygen atoms in total. The number of amides is 2. The molecule has 0 spiro atoms. The number of carboxylic acids is 1. The lowest BCUT2D eigenvalue weighted by molar-refractivity contribution is -0.192. The number of fused-ring (bicyclic) bond motifs is 1. The van der Waals surface area contributed by atoms with E-state index in [-0.39, 0.29) is 23.8 Å². The molecule has 4 rings (SSSR count). The number of rotatable bonds is 8. The fraction of sp³-hybridized carbons (Fsp3) is 0.389. The van der Waals surface area contributed by atoms with E-state index >= 15 is 0 Å². The number of nitrogens with zero attached hydrogens (tertiary/aromatic N) is 3. The summed E-state index contributed by atoms with van der Waals surface area (Å²) in [5.74, 6) is -1.16. The summed E-state index contributed by atoms with van der Waals surface area (Å²) in [6.45, 7) is 1.66. The number of hydrogen-bond acceptors (Lipinski definition) is 10. The molecule has 164 valence electrons. The van der Waals surface area contributed by atoms with Crippen LogP contribution in [0.2, 0.25) is 0 Å². The van der Waals surface area contributed by atoms with Gasteiger partial charge in [-0.2, -0.15) is 0 Å². The molecule has 2 aromatic heterocycles. The third kappa shape index (κ3) is 3.97. The van der Waals surface area contributed by atoms with Crippen molar-refractivity contribution in [1.82, 2.24) is 20.4 Å². The van der Waals surface area contributed by atoms with Crippen molar-refractivity contribution in [2.24, 2.45) is 0 Å². The highest BCUT2D eigenvalue weighted by Crippen LogP contribution is 2.47. The van der Waals surface area contributed by atoms with Crippen molar-refractivity contribution in [2.45, 2.75) is 29.7 Å². The number of aliphatic carboxylic acids is 1. The van der Waals surface area contributed by atoms with Crippen LogP contribution in [0.25, 0.3) is 0 Å². The van der Waals surface area contributed by atoms with Crippen LogP contribution in [0.5, 0.6) is 0 Å². The van der Waals surface area contributed by atoms with Gasteiger partial charge in [-0.3, -0.25) is 14.5 Å². The molecule has 2 amide bonds. The Morgan fingerprint density at radius 2 is 2.29 bits per heavy atom. The number of carbonyl (C=O) groups excluding carboxylic acids is 2. The van der Waals surface area contributed by atoms with Crippen molar-refractivity contribution in [2.75, 3.05) is 18.6 Å². The lowest BCUT2D eigenvalue weighted by Gasteiger charge is -2.55. The SMILES string of the molecule is COC1(NC(=O)Cc2cccs2)C(=O)N2C(C(=O)O)=C(CSc3nnc(C)o3)CS[C@@H]21. The summed E-state index contributed by atoms with van der Waals surface area (Å²) in [6, 6.07) is 3.67. The number of thioether (sulfide) groups is 2. The molecule has 2 N–H and O–H groups in total. The van der Waals surface area contributed by atoms with Crippen LogP contribution >= 0.6 is 34.9 Å². The molecule has 1 fully saturated rings. The molecule has 0 aliphatic carbocycles. The van der Waals surface area contributed by atoms with Crippen molar-refractivity contribution in [3.05, 3.63) is 39.6 Å². The number of methoxy groups -OCH3 is 1. The van der Waals surface area contributed by atoms with Crippen LogP contribution < -0.4 is 5.32 Å². The van der Waals surface area contributed by atoms with Gasteiger partial charge < -0.3 is 19.6 Å². The minimum absolute atomic E-state index is 0.0994. The van der Waals surface area contributed by atoms with E-state index < -0.39 is 23.0 Å². The average Bonchev–Trinajstić information content (AvgIpc) is 3.40. The molecule has 2 aliphatic heterocycles. The Morgan fingerprint density at radius 1 is 1.48 bits per heavy atom. The largest absolute Gasteiger partial charge is 0.477 e. The molecule has 0 aromatic carbocycles. The first-order valence-corrected chi connectivity index (χ1v) is 12.0. The number of hydrogen-bond donors (Lipinski definition) is 2. The van der Waals surface area contributed by atoms with E-state index in [0.717, 1.165) is 4.88 Å². The molecular formula is C18H18N4O6S3. The van der Waals surface area contributed by atoms with Crippen LogP contribution in [0, 0.1) is 6.92 Å². The van der Waals surface area contributed by atoms with Crippen molar-refractivity contribution >= 4 is 52.6 Å². The summed E-state index contributed by atoms with van der Waals surface area (Å²) in [7, 11) is 1.33. The maximum absolute atomic E-state index is 13.1. The van der Waals surface area contributed by atoms with E-state index in [9.17, 15) is 19.5 Å². The minimum Gasteiger partial charge on any atom is -0.477 e. The van der Waals surface area contributed by atoms with Crippen LogP contribution in [0.15, 0.2) is 38.4 Å². The smallest absolute Gasteiger partial charge is 0.352 e. The summed E-state index contributed by atoms with van der Waals surface area (Å²) in [5, 5.41) is 21.6. The summed E-state index contributed by atoms with van der Waals surface area (Å²) < 4.78 is 10.8. The molecule has 0 radical (unpaired) electrons. The molecule has 2 aromatic rings. The van der Waals surface area contributed by atoms with Gasteiger partial charge in [0.2, 0.25) is 11.8 Å². The molecule has 0 bridgehead atoms. The Bertz CT molecular complexity index is 1050. The standard InChI is InChI=1S/C18H18N4O6S3/c1-9-20-21-17(28-9)31-8-10-7-30-16-18(27-2,15(26)22(16)13(10)14(24)25)19-12(23)6-11-4-3-5-29-11/h3-5,16H,6-8H2,1-2H3,(H,19,23)(H,24,25)/t16-,18?/m1/s1. The van der Waals surface area contributed by atoms with Gasteiger partial charge in [0.05, 0.1) is 6.42 Å². The third-order valence-corrected chi connectivity index (χ3v) is 7.91. The van der Waals surface area contributed by atoms with Crippen molar-refractivity contribution in [1.29, 1.82) is 0 Å². The molecule has 31 heavy (non-hydrogen) atoms. The molecule has 1 unspecified atom stereocenters. The Morgan fingerprint density at radius 3 is 2.90 bits per heavy atom. The van der Waals surface area contributed by atoms with Gasteiger partial charge in [-0.15, -0.1) is 33.3 Å². The molecule has 2 atom stereocenters. The Hall–Kier alpha value is -2.35. The number of ether oxygens (including phenoxy) is 1. The summed E-state index contributed by atoms with van der Waals surface area (Å²) in [6.07, 6.45) is 0.112. The van der Waals surface area contributed by atoms with Gasteiger partial charge in [0.25, 0.3) is 16.9 Å². The average molecular weight is 483 g/mol. The zero-order valence-corrected chi connectivity index (χ0v) is 18.9. The highest BCUT2D eigenvalue weighted by Gasteiger charge is 2.66. The van der Waals surface area contributed by atoms with Gasteiger partial charge in [-0.1, -0.05) is 17.8 Å². The lowest BCUT2D eigenvalue weighted by Crippen LogP contribution is -2.80. The number of carbonyl (C=O) groups is 3. The maximum Gasteiger partial charge on any atom is 0.352 e. The number of carboxylic acid groups (broad SMARTS) is 1. The Kier molecular flexibility index (Phi) is 6.10. The zero-order chi connectivity index (χ0) is 22.2. The molecule has 0 saturated carbocycles. The van der Waals surface area contributed by atoms with E-state index in [1.54, 1.807) is 6.92 Å². The number of nitrogens with one attached hydrogen (secondary N) is 1. The second-order valence-electron chi connectivity index (χ2n) is 6.72. The molecule has 2 aliphatic rings. The fourth-order valence-corrected chi connectivity index (χ4v) is 6.45. The van der Waals surface area contributed by atoms with Gasteiger partial charge in [0, 0.05) is 30.4 Å². The van der Waals surface area contributed by atoms with Crippen molar-refractivity contribution in [3.8, 4) is 0 Å². The molecular weight excluding hydrogens is 464 g/mol. The van der Waals surface area contributed by atoms with Crippen molar-refractivity contribution < 1.29 is 28.6 Å². The topological polar surface area (TPSA) is 135 Å². The quantitative estimate of drug-likeness (QED) is 0.324. The van der Waals surface area contributed by atoms with Crippen molar-refractivity contribution in [3.63, 3.8) is 0 Å². The van der Waals surface area contributed by atoms with Crippen LogP contribution in [-0.2, 0) is 25.5 Å². The number of aryl methyl sites for hydroxylation is 1. The highest BCUT2D eigenvalue weighted by atomic mass is 32.2. The maximum atomic E-state index is 13.1. The van der Waals surface area contributed by atoms with Gasteiger partial charge in [-0.25, -0.2) is 4.79 Å². The van der Waals surface area contributed by atoms with E-state index in [4.69, 9.17) is 9.15 Å². The normalized spacial score (nSPS) is 22.8. The van der Waals surface area contributed by atoms with Gasteiger partial charge in [0.1, 0.15) is 11.1 Å². The highest BCUT2D eigenvalue weighted by molar-refractivity contribution is 8.01. The van der Waals surface area contributed by atoms with E-state index in [0.29, 0.717) is 22.4 Å². The van der Waals surface area contributed by atoms with Crippen LogP contribution in [0.3, 0.4) is 0 Å². The predicted octanol–water partition coefficient (Wildman–Crippen LogP) is 1.49. The second kappa shape index (κ2) is 8.65. The lowest BCUT2D eigenvalue weighted by atomic mass is 9.98. The first-order chi connectivity index (χ1) is 14.9. The number of aromatic nitrogens is 2. The Labute approximate surface area is 189 Å². The number of thiophene rings is 1. The van der Waals surface area contributed by atoms with Crippen LogP contribution in [-0.4, -0.2) is 67.7 Å². The zero-order valence-electron chi connectivity index (χ0n) is 16.5. The summed E-state index contributed by atoms with van der Waals surface area (Å²) in [5.41, 5.74) is -1.14. The van der Waals surface area contributed by atoms with Crippen LogP contribution in [0.4, 0.5) is 0 Å². The first kappa shape index (κ1) is 21.9. The van der Waals surface area contributed by atoms with Gasteiger partial charge in [0.15, 0.2) is 0 Å². The molecule has 4 heterocycles. The molecule has 1 saturated heterocycles. The van der Waals surface area contributed by atoms with E-state index in [2.05, 4.69) is 15.5 Å². The van der Waals surface area contributed by atoms with E-state index in [1.807, 2.05) is 17.5 Å². The predicted molar refractivity (Wildman–Crippen MR) is 113 cm³/mol. The van der Waals surface area contributed by atoms with Gasteiger partial charge >= 0.3 is 5.97 Å². The fourth-order valence-electron chi connectivity index (χ4n) is 3.36. The van der Waals surface area contributed by atoms with E-state index in [1.165, 1.54) is 46.9 Å².